The molecule has 0 aliphatic carbocycles. The van der Waals surface area contributed by atoms with E-state index in [9.17, 15) is 9.59 Å². The fourth-order valence-corrected chi connectivity index (χ4v) is 2.60. The molecule has 0 N–H and O–H groups in total. The summed E-state index contributed by atoms with van der Waals surface area (Å²) in [6.07, 6.45) is 0. The summed E-state index contributed by atoms with van der Waals surface area (Å²) in [5.74, 6) is 0. The van der Waals surface area contributed by atoms with E-state index in [1.54, 1.807) is 35.9 Å². The van der Waals surface area contributed by atoms with Crippen molar-refractivity contribution in [2.45, 2.75) is 6.54 Å². The third-order valence-electron chi connectivity index (χ3n) is 3.92. The van der Waals surface area contributed by atoms with Gasteiger partial charge in [0, 0.05) is 14.1 Å². The van der Waals surface area contributed by atoms with Gasteiger partial charge in [0.2, 0.25) is 0 Å². The zero-order chi connectivity index (χ0) is 17.4. The summed E-state index contributed by atoms with van der Waals surface area (Å²) in [6.45, 7) is 0.332. The maximum Gasteiger partial charge on any atom is 0.332 e. The molecule has 0 saturated heterocycles. The van der Waals surface area contributed by atoms with Crippen molar-refractivity contribution in [2.24, 2.45) is 14.1 Å². The molecule has 0 aliphatic heterocycles. The van der Waals surface area contributed by atoms with Crippen molar-refractivity contribution in [1.82, 2.24) is 18.7 Å². The van der Waals surface area contributed by atoms with Gasteiger partial charge in [0.05, 0.1) is 25.3 Å². The second-order valence-electron chi connectivity index (χ2n) is 5.37. The molecular weight excluding hydrogens is 310 g/mol. The highest BCUT2D eigenvalue weighted by molar-refractivity contribution is 5.72. The average molecular weight is 325 g/mol. The standard InChI is InChI=1S/C16H15N5O3/c1-19-13-12(14(22)20(2)16(19)23)21(15(18-13)24-3)9-11-6-4-10(8-17)5-7-11/h4-7H,9H2,1-3H3. The fourth-order valence-electron chi connectivity index (χ4n) is 2.60. The molecule has 2 aromatic heterocycles. The molecule has 1 aromatic carbocycles. The maximum absolute atomic E-state index is 12.5. The summed E-state index contributed by atoms with van der Waals surface area (Å²) in [5.41, 5.74) is 1.12. The van der Waals surface area contributed by atoms with Crippen LogP contribution in [0, 0.1) is 11.3 Å². The average Bonchev–Trinajstić information content (AvgIpc) is 2.97. The van der Waals surface area contributed by atoms with Gasteiger partial charge < -0.3 is 4.74 Å². The zero-order valence-electron chi connectivity index (χ0n) is 13.5. The van der Waals surface area contributed by atoms with Gasteiger partial charge in [-0.2, -0.15) is 10.2 Å². The minimum atomic E-state index is -0.446. The Balaban J connectivity index is 2.24. The Bertz CT molecular complexity index is 1080. The van der Waals surface area contributed by atoms with Crippen LogP contribution in [0.4, 0.5) is 0 Å². The van der Waals surface area contributed by atoms with Crippen molar-refractivity contribution < 1.29 is 4.74 Å². The molecule has 2 heterocycles. The Morgan fingerprint density at radius 1 is 1.17 bits per heavy atom. The van der Waals surface area contributed by atoms with E-state index in [0.717, 1.165) is 10.1 Å². The van der Waals surface area contributed by atoms with Crippen LogP contribution < -0.4 is 16.0 Å². The molecule has 0 unspecified atom stereocenters. The van der Waals surface area contributed by atoms with Crippen molar-refractivity contribution >= 4 is 11.2 Å². The number of fused-ring (bicyclic) bond motifs is 1. The lowest BCUT2D eigenvalue weighted by Gasteiger charge is -2.08. The van der Waals surface area contributed by atoms with Crippen LogP contribution in [0.3, 0.4) is 0 Å². The van der Waals surface area contributed by atoms with E-state index in [1.165, 1.54) is 18.7 Å². The summed E-state index contributed by atoms with van der Waals surface area (Å²) in [5, 5.41) is 8.87. The number of nitriles is 1. The molecule has 24 heavy (non-hydrogen) atoms. The number of hydrogen-bond donors (Lipinski definition) is 0. The Kier molecular flexibility index (Phi) is 3.69. The van der Waals surface area contributed by atoms with Gasteiger partial charge in [-0.05, 0) is 17.7 Å². The second-order valence-corrected chi connectivity index (χ2v) is 5.37. The predicted octanol–water partition coefficient (Wildman–Crippen LogP) is 0.362. The molecule has 8 nitrogen and oxygen atoms in total. The molecule has 0 radical (unpaired) electrons. The van der Waals surface area contributed by atoms with Crippen LogP contribution in [0.5, 0.6) is 6.01 Å². The zero-order valence-corrected chi connectivity index (χ0v) is 13.5. The number of hydrogen-bond acceptors (Lipinski definition) is 5. The highest BCUT2D eigenvalue weighted by Crippen LogP contribution is 2.19. The molecule has 0 aliphatic rings. The number of nitrogens with zero attached hydrogens (tertiary/aromatic N) is 5. The number of rotatable bonds is 3. The Hall–Kier alpha value is -3.34. The first-order valence-corrected chi connectivity index (χ1v) is 7.17. The molecule has 3 aromatic rings. The molecule has 0 saturated carbocycles. The SMILES string of the molecule is COc1nc2c(c(=O)n(C)c(=O)n2C)n1Cc1ccc(C#N)cc1. The van der Waals surface area contributed by atoms with Crippen LogP contribution >= 0.6 is 0 Å². The lowest BCUT2D eigenvalue weighted by molar-refractivity contribution is 0.364. The summed E-state index contributed by atoms with van der Waals surface area (Å²) in [4.78, 5) is 28.8. The number of benzene rings is 1. The first-order chi connectivity index (χ1) is 11.5. The van der Waals surface area contributed by atoms with Gasteiger partial charge in [-0.15, -0.1) is 0 Å². The van der Waals surface area contributed by atoms with Crippen LogP contribution in [0.15, 0.2) is 33.9 Å². The second kappa shape index (κ2) is 5.70. The van der Waals surface area contributed by atoms with E-state index in [1.807, 2.05) is 0 Å². The Morgan fingerprint density at radius 2 is 1.83 bits per heavy atom. The van der Waals surface area contributed by atoms with Gasteiger partial charge in [-0.1, -0.05) is 12.1 Å². The summed E-state index contributed by atoms with van der Waals surface area (Å²) < 4.78 is 9.25. The van der Waals surface area contributed by atoms with E-state index in [2.05, 4.69) is 11.1 Å². The van der Waals surface area contributed by atoms with Gasteiger partial charge >= 0.3 is 5.69 Å². The highest BCUT2D eigenvalue weighted by Gasteiger charge is 2.19. The molecular formula is C16H15N5O3. The minimum Gasteiger partial charge on any atom is -0.468 e. The van der Waals surface area contributed by atoms with Crippen LogP contribution in [0.1, 0.15) is 11.1 Å². The molecule has 3 rings (SSSR count). The molecule has 0 bridgehead atoms. The van der Waals surface area contributed by atoms with Crippen LogP contribution in [0.2, 0.25) is 0 Å². The molecule has 0 spiro atoms. The number of ether oxygens (including phenoxy) is 1. The van der Waals surface area contributed by atoms with Crippen LogP contribution in [-0.4, -0.2) is 25.8 Å². The number of aromatic nitrogens is 4. The van der Waals surface area contributed by atoms with Crippen molar-refractivity contribution in [2.75, 3.05) is 7.11 Å². The monoisotopic (exact) mass is 325 g/mol. The predicted molar refractivity (Wildman–Crippen MR) is 87.0 cm³/mol. The van der Waals surface area contributed by atoms with Crippen LogP contribution in [0.25, 0.3) is 11.2 Å². The van der Waals surface area contributed by atoms with Crippen molar-refractivity contribution in [3.63, 3.8) is 0 Å². The molecule has 0 fully saturated rings. The van der Waals surface area contributed by atoms with Gasteiger partial charge in [-0.3, -0.25) is 18.5 Å². The summed E-state index contributed by atoms with van der Waals surface area (Å²) >= 11 is 0. The molecule has 8 heteroatoms. The van der Waals surface area contributed by atoms with Crippen molar-refractivity contribution in [3.05, 3.63) is 56.2 Å². The number of methoxy groups -OCH3 is 1. The lowest BCUT2D eigenvalue weighted by Crippen LogP contribution is -2.37. The lowest BCUT2D eigenvalue weighted by atomic mass is 10.1. The highest BCUT2D eigenvalue weighted by atomic mass is 16.5. The van der Waals surface area contributed by atoms with E-state index < -0.39 is 11.2 Å². The van der Waals surface area contributed by atoms with Gasteiger partial charge in [0.1, 0.15) is 0 Å². The number of imidazole rings is 1. The van der Waals surface area contributed by atoms with E-state index in [-0.39, 0.29) is 11.7 Å². The van der Waals surface area contributed by atoms with Gasteiger partial charge in [-0.25, -0.2) is 4.79 Å². The molecule has 0 atom stereocenters. The first kappa shape index (κ1) is 15.6. The third-order valence-corrected chi connectivity index (χ3v) is 3.92. The van der Waals surface area contributed by atoms with E-state index >= 15 is 0 Å². The minimum absolute atomic E-state index is 0.243. The topological polar surface area (TPSA) is 94.8 Å². The first-order valence-electron chi connectivity index (χ1n) is 7.17. The van der Waals surface area contributed by atoms with Crippen molar-refractivity contribution in [1.29, 1.82) is 5.26 Å². The van der Waals surface area contributed by atoms with Gasteiger partial charge in [0.15, 0.2) is 11.2 Å². The largest absolute Gasteiger partial charge is 0.468 e. The summed E-state index contributed by atoms with van der Waals surface area (Å²) in [7, 11) is 4.44. The van der Waals surface area contributed by atoms with Crippen LogP contribution in [-0.2, 0) is 20.6 Å². The third kappa shape index (κ3) is 2.27. The van der Waals surface area contributed by atoms with E-state index in [0.29, 0.717) is 17.6 Å². The maximum atomic E-state index is 12.5. The van der Waals surface area contributed by atoms with Gasteiger partial charge in [0.25, 0.3) is 11.6 Å². The quantitative estimate of drug-likeness (QED) is 0.693. The van der Waals surface area contributed by atoms with Crippen molar-refractivity contribution in [3.8, 4) is 12.1 Å². The fraction of sp³-hybridized carbons (Fsp3) is 0.250. The summed E-state index contributed by atoms with van der Waals surface area (Å²) in [6, 6.07) is 9.31. The van der Waals surface area contributed by atoms with E-state index in [4.69, 9.17) is 10.00 Å². The normalized spacial score (nSPS) is 10.8. The Labute approximate surface area is 136 Å². The molecule has 0 amide bonds. The Morgan fingerprint density at radius 3 is 2.42 bits per heavy atom. The number of aryl methyl sites for hydroxylation is 1. The smallest absolute Gasteiger partial charge is 0.332 e. The molecule has 122 valence electrons.